The van der Waals surface area contributed by atoms with E-state index in [1.54, 1.807) is 0 Å². The Morgan fingerprint density at radius 1 is 1.22 bits per heavy atom. The molecule has 2 N–H and O–H groups in total. The van der Waals surface area contributed by atoms with E-state index in [0.717, 1.165) is 17.7 Å². The van der Waals surface area contributed by atoms with Crippen LogP contribution in [0.4, 0.5) is 4.79 Å². The van der Waals surface area contributed by atoms with Gasteiger partial charge in [-0.05, 0) is 37.3 Å². The SMILES string of the molecule is CCOCCCNC(=O)NCOc1ccc(C)cc1C(C)(C)C. The smallest absolute Gasteiger partial charge is 0.317 e. The van der Waals surface area contributed by atoms with Crippen molar-refractivity contribution >= 4 is 6.03 Å². The highest BCUT2D eigenvalue weighted by Gasteiger charge is 2.19. The van der Waals surface area contributed by atoms with Crippen molar-refractivity contribution in [2.24, 2.45) is 0 Å². The molecule has 1 aromatic carbocycles. The Bertz CT molecular complexity index is 496. The van der Waals surface area contributed by atoms with E-state index in [9.17, 15) is 4.79 Å². The van der Waals surface area contributed by atoms with E-state index in [1.165, 1.54) is 5.56 Å². The molecule has 0 atom stereocenters. The first kappa shape index (κ1) is 19.3. The molecule has 0 saturated heterocycles. The average molecular weight is 322 g/mol. The number of benzene rings is 1. The van der Waals surface area contributed by atoms with Crippen LogP contribution in [0.25, 0.3) is 0 Å². The molecule has 23 heavy (non-hydrogen) atoms. The number of amides is 2. The molecule has 0 aliphatic carbocycles. The van der Waals surface area contributed by atoms with E-state index in [-0.39, 0.29) is 18.2 Å². The first-order chi connectivity index (χ1) is 10.8. The maximum Gasteiger partial charge on any atom is 0.317 e. The number of urea groups is 1. The van der Waals surface area contributed by atoms with Crippen molar-refractivity contribution in [3.63, 3.8) is 0 Å². The van der Waals surface area contributed by atoms with Crippen LogP contribution < -0.4 is 15.4 Å². The fraction of sp³-hybridized carbons (Fsp3) is 0.611. The second kappa shape index (κ2) is 9.40. The molecule has 0 bridgehead atoms. The van der Waals surface area contributed by atoms with Crippen molar-refractivity contribution in [1.29, 1.82) is 0 Å². The van der Waals surface area contributed by atoms with E-state index >= 15 is 0 Å². The Kier molecular flexibility index (Phi) is 7.89. The molecule has 1 aromatic rings. The third kappa shape index (κ3) is 7.37. The highest BCUT2D eigenvalue weighted by Crippen LogP contribution is 2.31. The van der Waals surface area contributed by atoms with Crippen molar-refractivity contribution in [3.05, 3.63) is 29.3 Å². The van der Waals surface area contributed by atoms with Gasteiger partial charge in [-0.1, -0.05) is 38.5 Å². The summed E-state index contributed by atoms with van der Waals surface area (Å²) in [6.07, 6.45) is 0.800. The first-order valence-corrected chi connectivity index (χ1v) is 8.18. The molecule has 0 radical (unpaired) electrons. The molecule has 0 aromatic heterocycles. The molecule has 2 amide bonds. The molecule has 0 heterocycles. The summed E-state index contributed by atoms with van der Waals surface area (Å²) in [5.74, 6) is 0.805. The highest BCUT2D eigenvalue weighted by molar-refractivity contribution is 5.73. The lowest BCUT2D eigenvalue weighted by Gasteiger charge is -2.23. The Morgan fingerprint density at radius 3 is 2.61 bits per heavy atom. The van der Waals surface area contributed by atoms with Gasteiger partial charge >= 0.3 is 6.03 Å². The molecule has 0 fully saturated rings. The molecule has 130 valence electrons. The molecule has 0 spiro atoms. The zero-order chi connectivity index (χ0) is 17.3. The molecule has 5 nitrogen and oxygen atoms in total. The summed E-state index contributed by atoms with van der Waals surface area (Å²) in [6, 6.07) is 5.87. The predicted octanol–water partition coefficient (Wildman–Crippen LogP) is 3.35. The highest BCUT2D eigenvalue weighted by atomic mass is 16.5. The van der Waals surface area contributed by atoms with Gasteiger partial charge in [-0.3, -0.25) is 0 Å². The molecule has 0 unspecified atom stereocenters. The third-order valence-corrected chi connectivity index (χ3v) is 3.36. The molecule has 5 heteroatoms. The van der Waals surface area contributed by atoms with Crippen LogP contribution in [0.15, 0.2) is 18.2 Å². The summed E-state index contributed by atoms with van der Waals surface area (Å²) < 4.78 is 11.0. The minimum atomic E-state index is -0.231. The van der Waals surface area contributed by atoms with Gasteiger partial charge < -0.3 is 20.1 Å². The minimum absolute atomic E-state index is 0.0110. The number of rotatable bonds is 8. The standard InChI is InChI=1S/C18H30N2O3/c1-6-22-11-7-10-19-17(21)20-13-23-16-9-8-14(2)12-15(16)18(3,4)5/h8-9,12H,6-7,10-11,13H2,1-5H3,(H2,19,20,21). The minimum Gasteiger partial charge on any atom is -0.473 e. The number of aryl methyl sites for hydroxylation is 1. The summed E-state index contributed by atoms with van der Waals surface area (Å²) in [4.78, 5) is 11.7. The van der Waals surface area contributed by atoms with Gasteiger partial charge in [0, 0.05) is 19.8 Å². The van der Waals surface area contributed by atoms with Crippen LogP contribution in [-0.2, 0) is 10.2 Å². The maximum absolute atomic E-state index is 11.7. The summed E-state index contributed by atoms with van der Waals surface area (Å²) in [6.45, 7) is 12.5. The van der Waals surface area contributed by atoms with E-state index in [2.05, 4.69) is 44.4 Å². The van der Waals surface area contributed by atoms with Crippen LogP contribution in [0.1, 0.15) is 45.2 Å². The van der Waals surface area contributed by atoms with Gasteiger partial charge in [0.1, 0.15) is 5.75 Å². The number of ether oxygens (including phenoxy) is 2. The van der Waals surface area contributed by atoms with Crippen molar-refractivity contribution in [2.75, 3.05) is 26.5 Å². The monoisotopic (exact) mass is 322 g/mol. The third-order valence-electron chi connectivity index (χ3n) is 3.36. The quantitative estimate of drug-likeness (QED) is 0.570. The van der Waals surface area contributed by atoms with E-state index < -0.39 is 0 Å². The first-order valence-electron chi connectivity index (χ1n) is 8.18. The molecule has 0 aliphatic rings. The van der Waals surface area contributed by atoms with E-state index in [1.807, 2.05) is 19.1 Å². The van der Waals surface area contributed by atoms with Crippen molar-refractivity contribution < 1.29 is 14.3 Å². The van der Waals surface area contributed by atoms with E-state index in [4.69, 9.17) is 9.47 Å². The Morgan fingerprint density at radius 2 is 1.96 bits per heavy atom. The van der Waals surface area contributed by atoms with Crippen molar-refractivity contribution in [3.8, 4) is 5.75 Å². The zero-order valence-corrected chi connectivity index (χ0v) is 15.0. The number of nitrogens with one attached hydrogen (secondary N) is 2. The number of hydrogen-bond donors (Lipinski definition) is 2. The molecule has 0 aliphatic heterocycles. The Hall–Kier alpha value is -1.75. The van der Waals surface area contributed by atoms with Crippen LogP contribution in [0.3, 0.4) is 0 Å². The van der Waals surface area contributed by atoms with Crippen LogP contribution >= 0.6 is 0 Å². The summed E-state index contributed by atoms with van der Waals surface area (Å²) in [5.41, 5.74) is 2.32. The molecular formula is C18H30N2O3. The van der Waals surface area contributed by atoms with Gasteiger partial charge in [-0.2, -0.15) is 0 Å². The number of carbonyl (C=O) groups excluding carboxylic acids is 1. The maximum atomic E-state index is 11.7. The Balaban J connectivity index is 2.40. The summed E-state index contributed by atoms with van der Waals surface area (Å²) >= 11 is 0. The second-order valence-corrected chi connectivity index (χ2v) is 6.52. The summed E-state index contributed by atoms with van der Waals surface area (Å²) in [7, 11) is 0. The summed E-state index contributed by atoms with van der Waals surface area (Å²) in [5, 5.41) is 5.47. The second-order valence-electron chi connectivity index (χ2n) is 6.52. The van der Waals surface area contributed by atoms with E-state index in [0.29, 0.717) is 19.8 Å². The lowest BCUT2D eigenvalue weighted by molar-refractivity contribution is 0.145. The lowest BCUT2D eigenvalue weighted by Crippen LogP contribution is -2.38. The van der Waals surface area contributed by atoms with Gasteiger partial charge in [0.2, 0.25) is 0 Å². The number of carbonyl (C=O) groups is 1. The van der Waals surface area contributed by atoms with Gasteiger partial charge in [0.05, 0.1) is 0 Å². The fourth-order valence-electron chi connectivity index (χ4n) is 2.12. The average Bonchev–Trinajstić information content (AvgIpc) is 2.47. The van der Waals surface area contributed by atoms with Crippen molar-refractivity contribution in [1.82, 2.24) is 10.6 Å². The molecular weight excluding hydrogens is 292 g/mol. The van der Waals surface area contributed by atoms with Crippen molar-refractivity contribution in [2.45, 2.75) is 46.5 Å². The van der Waals surface area contributed by atoms with Crippen LogP contribution in [0, 0.1) is 6.92 Å². The van der Waals surface area contributed by atoms with Crippen LogP contribution in [-0.4, -0.2) is 32.5 Å². The van der Waals surface area contributed by atoms with Gasteiger partial charge in [0.25, 0.3) is 0 Å². The largest absolute Gasteiger partial charge is 0.473 e. The zero-order valence-electron chi connectivity index (χ0n) is 15.0. The fourth-order valence-corrected chi connectivity index (χ4v) is 2.12. The normalized spacial score (nSPS) is 11.2. The van der Waals surface area contributed by atoms with Gasteiger partial charge in [0.15, 0.2) is 6.73 Å². The molecule has 1 rings (SSSR count). The van der Waals surface area contributed by atoms with Crippen LogP contribution in [0.5, 0.6) is 5.75 Å². The predicted molar refractivity (Wildman–Crippen MR) is 93.0 cm³/mol. The van der Waals surface area contributed by atoms with Gasteiger partial charge in [-0.15, -0.1) is 0 Å². The number of hydrogen-bond acceptors (Lipinski definition) is 3. The Labute approximate surface area is 139 Å². The topological polar surface area (TPSA) is 59.6 Å². The molecule has 0 saturated carbocycles. The van der Waals surface area contributed by atoms with Crippen LogP contribution in [0.2, 0.25) is 0 Å². The lowest BCUT2D eigenvalue weighted by atomic mass is 9.85. The van der Waals surface area contributed by atoms with Gasteiger partial charge in [-0.25, -0.2) is 4.79 Å².